The first-order valence-corrected chi connectivity index (χ1v) is 26.9. The average molecular weight is 917 g/mol. The van der Waals surface area contributed by atoms with Crippen molar-refractivity contribution in [1.29, 1.82) is 0 Å². The lowest BCUT2D eigenvalue weighted by Gasteiger charge is -2.39. The summed E-state index contributed by atoms with van der Waals surface area (Å²) in [6.45, 7) is 4.45. The summed E-state index contributed by atoms with van der Waals surface area (Å²) in [7, 11) is 0. The van der Waals surface area contributed by atoms with Gasteiger partial charge < -0.3 is 39.4 Å². The Morgan fingerprint density at radius 2 is 0.938 bits per heavy atom. The van der Waals surface area contributed by atoms with Crippen molar-refractivity contribution in [2.24, 2.45) is 0 Å². The molecule has 378 valence electrons. The van der Waals surface area contributed by atoms with Gasteiger partial charge >= 0.3 is 5.97 Å². The number of carbonyl (C=O) groups is 1. The maximum atomic E-state index is 12.9. The molecule has 0 aromatic carbocycles. The van der Waals surface area contributed by atoms with Gasteiger partial charge in [-0.05, 0) is 57.8 Å². The van der Waals surface area contributed by atoms with Crippen LogP contribution in [0, 0.1) is 0 Å². The number of hydrogen-bond acceptors (Lipinski definition) is 9. The van der Waals surface area contributed by atoms with E-state index in [9.17, 15) is 25.2 Å². The van der Waals surface area contributed by atoms with Gasteiger partial charge in [-0.2, -0.15) is 0 Å². The fraction of sp³-hybridized carbons (Fsp3) is 0.804. The largest absolute Gasteiger partial charge is 0.457 e. The first kappa shape index (κ1) is 60.9. The lowest BCUT2D eigenvalue weighted by Crippen LogP contribution is -2.59. The second-order valence-electron chi connectivity index (χ2n) is 18.3. The zero-order valence-corrected chi connectivity index (χ0v) is 41.7. The highest BCUT2D eigenvalue weighted by atomic mass is 16.7. The van der Waals surface area contributed by atoms with Gasteiger partial charge in [0.05, 0.1) is 19.8 Å². The Morgan fingerprint density at radius 3 is 1.42 bits per heavy atom. The van der Waals surface area contributed by atoms with E-state index >= 15 is 0 Å². The maximum absolute atomic E-state index is 12.9. The number of aliphatic hydroxyl groups excluding tert-OH is 4. The number of carbonyl (C=O) groups excluding carboxylic acids is 1. The molecule has 0 saturated carbocycles. The molecule has 0 spiro atoms. The molecule has 0 aromatic rings. The van der Waals surface area contributed by atoms with Crippen LogP contribution in [-0.4, -0.2) is 89.6 Å². The third-order valence-corrected chi connectivity index (χ3v) is 12.2. The zero-order chi connectivity index (χ0) is 47.1. The molecular formula is C56H100O9. The summed E-state index contributed by atoms with van der Waals surface area (Å²) in [5.41, 5.74) is 0. The second kappa shape index (κ2) is 47.0. The van der Waals surface area contributed by atoms with E-state index in [1.807, 2.05) is 0 Å². The minimum Gasteiger partial charge on any atom is -0.457 e. The Hall–Kier alpha value is -2.11. The quantitative estimate of drug-likeness (QED) is 0.0267. The Kier molecular flexibility index (Phi) is 44.0. The average Bonchev–Trinajstić information content (AvgIpc) is 3.31. The van der Waals surface area contributed by atoms with E-state index in [2.05, 4.69) is 74.6 Å². The van der Waals surface area contributed by atoms with Gasteiger partial charge in [0, 0.05) is 13.0 Å². The monoisotopic (exact) mass is 917 g/mol. The highest BCUT2D eigenvalue weighted by molar-refractivity contribution is 5.69. The fourth-order valence-corrected chi connectivity index (χ4v) is 8.05. The number of hydrogen-bond donors (Lipinski definition) is 4. The van der Waals surface area contributed by atoms with Crippen LogP contribution in [0.2, 0.25) is 0 Å². The molecule has 1 rings (SSSR count). The molecule has 1 aliphatic rings. The van der Waals surface area contributed by atoms with Gasteiger partial charge in [0.25, 0.3) is 0 Å². The molecule has 65 heavy (non-hydrogen) atoms. The Balaban J connectivity index is 2.19. The van der Waals surface area contributed by atoms with Gasteiger partial charge in [-0.1, -0.05) is 222 Å². The van der Waals surface area contributed by atoms with Crippen LogP contribution in [0.25, 0.3) is 0 Å². The molecule has 0 aliphatic carbocycles. The molecule has 1 aliphatic heterocycles. The lowest BCUT2D eigenvalue weighted by molar-refractivity contribution is -0.305. The van der Waals surface area contributed by atoms with E-state index in [1.54, 1.807) is 0 Å². The maximum Gasteiger partial charge on any atom is 0.306 e. The van der Waals surface area contributed by atoms with Crippen LogP contribution >= 0.6 is 0 Å². The third kappa shape index (κ3) is 37.5. The molecule has 0 amide bonds. The van der Waals surface area contributed by atoms with E-state index in [0.29, 0.717) is 13.0 Å². The lowest BCUT2D eigenvalue weighted by atomic mass is 9.99. The van der Waals surface area contributed by atoms with Crippen LogP contribution in [0.15, 0.2) is 60.8 Å². The van der Waals surface area contributed by atoms with Crippen LogP contribution in [0.1, 0.15) is 226 Å². The summed E-state index contributed by atoms with van der Waals surface area (Å²) in [6, 6.07) is 0. The van der Waals surface area contributed by atoms with Crippen molar-refractivity contribution in [1.82, 2.24) is 0 Å². The van der Waals surface area contributed by atoms with Crippen molar-refractivity contribution < 1.29 is 44.2 Å². The summed E-state index contributed by atoms with van der Waals surface area (Å²) in [6.07, 6.45) is 54.0. The minimum absolute atomic E-state index is 0.116. The van der Waals surface area contributed by atoms with Crippen LogP contribution < -0.4 is 0 Å². The topological polar surface area (TPSA) is 135 Å². The molecule has 9 heteroatoms. The zero-order valence-electron chi connectivity index (χ0n) is 41.7. The van der Waals surface area contributed by atoms with Gasteiger partial charge in [-0.25, -0.2) is 0 Å². The summed E-state index contributed by atoms with van der Waals surface area (Å²) >= 11 is 0. The van der Waals surface area contributed by atoms with Gasteiger partial charge in [0.2, 0.25) is 0 Å². The van der Waals surface area contributed by atoms with Gasteiger partial charge in [-0.3, -0.25) is 4.79 Å². The van der Waals surface area contributed by atoms with Crippen molar-refractivity contribution in [3.8, 4) is 0 Å². The van der Waals surface area contributed by atoms with Gasteiger partial charge in [0.15, 0.2) is 6.29 Å². The SMILES string of the molecule is CC/C=C\C/C=C\C/C=C\C/C=C\C/C=C\CCCCCCCCCCOCC(COC1OC(CO)C(O)C(O)C1O)OC(=O)CCCCCCCCCCCCCCCCCCCC. The number of allylic oxidation sites excluding steroid dienone is 10. The van der Waals surface area contributed by atoms with Crippen LogP contribution in [-0.2, 0) is 23.7 Å². The minimum atomic E-state index is -1.54. The second-order valence-corrected chi connectivity index (χ2v) is 18.3. The van der Waals surface area contributed by atoms with Crippen molar-refractivity contribution in [2.45, 2.75) is 263 Å². The molecular weight excluding hydrogens is 817 g/mol. The van der Waals surface area contributed by atoms with Crippen LogP contribution in [0.5, 0.6) is 0 Å². The Labute approximate surface area is 398 Å². The van der Waals surface area contributed by atoms with Gasteiger partial charge in [0.1, 0.15) is 30.5 Å². The Morgan fingerprint density at radius 1 is 0.508 bits per heavy atom. The molecule has 0 radical (unpaired) electrons. The van der Waals surface area contributed by atoms with Crippen LogP contribution in [0.3, 0.4) is 0 Å². The predicted octanol–water partition coefficient (Wildman–Crippen LogP) is 13.4. The molecule has 1 heterocycles. The number of aliphatic hydroxyl groups is 4. The number of ether oxygens (including phenoxy) is 4. The molecule has 4 N–H and O–H groups in total. The molecule has 1 saturated heterocycles. The summed E-state index contributed by atoms with van der Waals surface area (Å²) in [5.74, 6) is -0.314. The van der Waals surface area contributed by atoms with Crippen molar-refractivity contribution in [3.63, 3.8) is 0 Å². The molecule has 6 atom stereocenters. The summed E-state index contributed by atoms with van der Waals surface area (Å²) in [5, 5.41) is 40.3. The standard InChI is InChI=1S/C56H100O9/c1-3-5-7-9-11-13-15-17-19-21-23-24-25-26-27-28-30-32-34-36-38-40-42-44-46-62-48-50(49-63-56-55(61)54(60)53(59)51(47-57)65-56)64-52(58)45-43-41-39-37-35-33-31-29-22-20-18-16-14-12-10-8-6-4-2/h5,7,11,13,17,19,23-24,26-27,50-51,53-57,59-61H,3-4,6,8-10,12,14-16,18,20-22,25,28-49H2,1-2H3/b7-5-,13-11-,19-17-,24-23-,27-26-. The summed E-state index contributed by atoms with van der Waals surface area (Å²) < 4.78 is 22.9. The van der Waals surface area contributed by atoms with Crippen molar-refractivity contribution >= 4 is 5.97 Å². The first-order valence-electron chi connectivity index (χ1n) is 26.9. The highest BCUT2D eigenvalue weighted by Gasteiger charge is 2.44. The molecule has 9 nitrogen and oxygen atoms in total. The molecule has 6 unspecified atom stereocenters. The van der Waals surface area contributed by atoms with E-state index in [0.717, 1.165) is 77.0 Å². The highest BCUT2D eigenvalue weighted by Crippen LogP contribution is 2.23. The van der Waals surface area contributed by atoms with Crippen molar-refractivity contribution in [2.75, 3.05) is 26.4 Å². The van der Waals surface area contributed by atoms with E-state index in [-0.39, 0.29) is 19.2 Å². The summed E-state index contributed by atoms with van der Waals surface area (Å²) in [4.78, 5) is 12.9. The predicted molar refractivity (Wildman–Crippen MR) is 270 cm³/mol. The number of unbranched alkanes of at least 4 members (excludes halogenated alkanes) is 25. The van der Waals surface area contributed by atoms with Gasteiger partial charge in [-0.15, -0.1) is 0 Å². The molecule has 0 aromatic heterocycles. The number of rotatable bonds is 46. The first-order chi connectivity index (χ1) is 31.9. The number of esters is 1. The van der Waals surface area contributed by atoms with Crippen molar-refractivity contribution in [3.05, 3.63) is 60.8 Å². The Bertz CT molecular complexity index is 1180. The normalized spacial score (nSPS) is 19.9. The van der Waals surface area contributed by atoms with E-state index in [1.165, 1.54) is 128 Å². The fourth-order valence-electron chi connectivity index (χ4n) is 8.05. The van der Waals surface area contributed by atoms with E-state index < -0.39 is 43.4 Å². The third-order valence-electron chi connectivity index (χ3n) is 12.2. The van der Waals surface area contributed by atoms with Crippen LogP contribution in [0.4, 0.5) is 0 Å². The molecule has 1 fully saturated rings. The van der Waals surface area contributed by atoms with E-state index in [4.69, 9.17) is 18.9 Å². The smallest absolute Gasteiger partial charge is 0.306 e. The molecule has 0 bridgehead atoms.